The number of aryl methyl sites for hydroxylation is 3. The van der Waals surface area contributed by atoms with Gasteiger partial charge in [-0.2, -0.15) is 0 Å². The summed E-state index contributed by atoms with van der Waals surface area (Å²) in [4.78, 5) is 20.7. The molecule has 0 amide bonds. The van der Waals surface area contributed by atoms with Crippen LogP contribution in [0.1, 0.15) is 51.1 Å². The SMILES string of the molecule is C=CCc1cc(Cn2c(CC)nc3c(C)cc(C)nc32)ccc1OCc1ccc(C(=O)O)cc1. The molecule has 4 aromatic rings. The van der Waals surface area contributed by atoms with Gasteiger partial charge in [-0.3, -0.25) is 0 Å². The zero-order valence-corrected chi connectivity index (χ0v) is 19.8. The zero-order valence-electron chi connectivity index (χ0n) is 19.8. The van der Waals surface area contributed by atoms with Crippen LogP contribution >= 0.6 is 0 Å². The second-order valence-electron chi connectivity index (χ2n) is 8.45. The standard InChI is InChI=1S/C28H29N3O3/c1-5-7-23-15-21(10-13-24(23)34-17-20-8-11-22(12-9-20)28(32)33)16-31-25(6-2)30-26-18(3)14-19(4)29-27(26)31/h5,8-15H,1,6-7,16-17H2,2-4H3,(H,32,33). The van der Waals surface area contributed by atoms with E-state index in [1.807, 2.05) is 19.1 Å². The number of carbonyl (C=O) groups is 1. The van der Waals surface area contributed by atoms with Gasteiger partial charge in [0.15, 0.2) is 5.65 Å². The number of aromatic carboxylic acids is 1. The summed E-state index contributed by atoms with van der Waals surface area (Å²) in [6.45, 7) is 11.1. The number of benzene rings is 2. The number of hydrogen-bond donors (Lipinski definition) is 1. The number of imidazole rings is 1. The van der Waals surface area contributed by atoms with Crippen molar-refractivity contribution in [3.63, 3.8) is 0 Å². The van der Waals surface area contributed by atoms with Crippen molar-refractivity contribution in [2.24, 2.45) is 0 Å². The Morgan fingerprint density at radius 1 is 1.09 bits per heavy atom. The molecule has 4 rings (SSSR count). The fourth-order valence-corrected chi connectivity index (χ4v) is 4.16. The molecule has 0 unspecified atom stereocenters. The highest BCUT2D eigenvalue weighted by atomic mass is 16.5. The lowest BCUT2D eigenvalue weighted by atomic mass is 10.1. The van der Waals surface area contributed by atoms with Gasteiger partial charge in [-0.05, 0) is 66.8 Å². The molecule has 2 aromatic carbocycles. The molecular formula is C28H29N3O3. The molecule has 0 saturated carbocycles. The van der Waals surface area contributed by atoms with Gasteiger partial charge in [-0.1, -0.05) is 37.3 Å². The highest BCUT2D eigenvalue weighted by molar-refractivity contribution is 5.87. The maximum atomic E-state index is 11.0. The summed E-state index contributed by atoms with van der Waals surface area (Å²) in [6.07, 6.45) is 3.38. The largest absolute Gasteiger partial charge is 0.489 e. The Kier molecular flexibility index (Phi) is 6.77. The lowest BCUT2D eigenvalue weighted by Gasteiger charge is -2.14. The molecule has 1 N–H and O–H groups in total. The monoisotopic (exact) mass is 455 g/mol. The van der Waals surface area contributed by atoms with E-state index in [-0.39, 0.29) is 5.56 Å². The maximum absolute atomic E-state index is 11.0. The van der Waals surface area contributed by atoms with Crippen LogP contribution in [0.2, 0.25) is 0 Å². The van der Waals surface area contributed by atoms with Gasteiger partial charge < -0.3 is 14.4 Å². The molecule has 174 valence electrons. The molecule has 0 spiro atoms. The Balaban J connectivity index is 1.59. The topological polar surface area (TPSA) is 77.2 Å². The molecule has 2 heterocycles. The fourth-order valence-electron chi connectivity index (χ4n) is 4.16. The molecule has 34 heavy (non-hydrogen) atoms. The first-order valence-corrected chi connectivity index (χ1v) is 11.4. The van der Waals surface area contributed by atoms with Gasteiger partial charge in [-0.25, -0.2) is 14.8 Å². The Morgan fingerprint density at radius 2 is 1.82 bits per heavy atom. The molecule has 0 aliphatic heterocycles. The molecule has 6 nitrogen and oxygen atoms in total. The van der Waals surface area contributed by atoms with Gasteiger partial charge >= 0.3 is 5.97 Å². The van der Waals surface area contributed by atoms with Crippen LogP contribution in [0.4, 0.5) is 0 Å². The van der Waals surface area contributed by atoms with Crippen molar-refractivity contribution in [2.75, 3.05) is 0 Å². The van der Waals surface area contributed by atoms with Gasteiger partial charge in [0.2, 0.25) is 0 Å². The van der Waals surface area contributed by atoms with Crippen molar-refractivity contribution < 1.29 is 14.6 Å². The summed E-state index contributed by atoms with van der Waals surface area (Å²) in [7, 11) is 0. The highest BCUT2D eigenvalue weighted by Gasteiger charge is 2.15. The number of pyridine rings is 1. The van der Waals surface area contributed by atoms with Crippen molar-refractivity contribution in [3.8, 4) is 5.75 Å². The third-order valence-corrected chi connectivity index (χ3v) is 5.84. The summed E-state index contributed by atoms with van der Waals surface area (Å²) in [5.74, 6) is 0.877. The lowest BCUT2D eigenvalue weighted by molar-refractivity contribution is 0.0697. The molecule has 0 aliphatic rings. The predicted octanol–water partition coefficient (Wildman–Crippen LogP) is 5.66. The van der Waals surface area contributed by atoms with E-state index in [4.69, 9.17) is 19.8 Å². The Hall–Kier alpha value is -3.93. The van der Waals surface area contributed by atoms with Crippen LogP contribution in [0.25, 0.3) is 11.2 Å². The molecule has 0 bridgehead atoms. The number of aromatic nitrogens is 3. The van der Waals surface area contributed by atoms with Crippen molar-refractivity contribution in [1.82, 2.24) is 14.5 Å². The summed E-state index contributed by atoms with van der Waals surface area (Å²) >= 11 is 0. The van der Waals surface area contributed by atoms with E-state index in [2.05, 4.69) is 43.2 Å². The molecule has 0 radical (unpaired) electrons. The Labute approximate surface area is 199 Å². The van der Waals surface area contributed by atoms with Gasteiger partial charge in [0, 0.05) is 12.1 Å². The normalized spacial score (nSPS) is 11.0. The minimum absolute atomic E-state index is 0.263. The first-order valence-electron chi connectivity index (χ1n) is 11.4. The number of hydrogen-bond acceptors (Lipinski definition) is 4. The Morgan fingerprint density at radius 3 is 2.50 bits per heavy atom. The summed E-state index contributed by atoms with van der Waals surface area (Å²) in [5.41, 5.74) is 7.38. The van der Waals surface area contributed by atoms with Gasteiger partial charge in [-0.15, -0.1) is 6.58 Å². The van der Waals surface area contributed by atoms with Crippen LogP contribution in [0.15, 0.2) is 61.2 Å². The second-order valence-corrected chi connectivity index (χ2v) is 8.45. The third-order valence-electron chi connectivity index (χ3n) is 5.84. The minimum Gasteiger partial charge on any atom is -0.489 e. The first-order chi connectivity index (χ1) is 16.4. The number of fused-ring (bicyclic) bond motifs is 1. The average molecular weight is 456 g/mol. The average Bonchev–Trinajstić information content (AvgIpc) is 3.16. The predicted molar refractivity (Wildman–Crippen MR) is 134 cm³/mol. The van der Waals surface area contributed by atoms with E-state index in [0.29, 0.717) is 19.6 Å². The van der Waals surface area contributed by atoms with Crippen molar-refractivity contribution >= 4 is 17.1 Å². The van der Waals surface area contributed by atoms with Crippen LogP contribution in [0.5, 0.6) is 5.75 Å². The second kappa shape index (κ2) is 9.91. The van der Waals surface area contributed by atoms with E-state index in [9.17, 15) is 4.79 Å². The minimum atomic E-state index is -0.936. The Bertz CT molecular complexity index is 1350. The van der Waals surface area contributed by atoms with Crippen LogP contribution < -0.4 is 4.74 Å². The maximum Gasteiger partial charge on any atom is 0.335 e. The van der Waals surface area contributed by atoms with E-state index >= 15 is 0 Å². The van der Waals surface area contributed by atoms with Crippen molar-refractivity contribution in [1.29, 1.82) is 0 Å². The van der Waals surface area contributed by atoms with Crippen molar-refractivity contribution in [2.45, 2.75) is 46.8 Å². The summed E-state index contributed by atoms with van der Waals surface area (Å²) in [6, 6.07) is 15.0. The van der Waals surface area contributed by atoms with Gasteiger partial charge in [0.1, 0.15) is 23.7 Å². The molecule has 6 heteroatoms. The van der Waals surface area contributed by atoms with Crippen LogP contribution in [0.3, 0.4) is 0 Å². The molecular weight excluding hydrogens is 426 g/mol. The third kappa shape index (κ3) is 4.86. The molecule has 2 aromatic heterocycles. The van der Waals surface area contributed by atoms with Gasteiger partial charge in [0.05, 0.1) is 12.1 Å². The summed E-state index contributed by atoms with van der Waals surface area (Å²) < 4.78 is 8.29. The number of rotatable bonds is 9. The number of ether oxygens (including phenoxy) is 1. The molecule has 0 fully saturated rings. The number of allylic oxidation sites excluding steroid dienone is 1. The molecule has 0 atom stereocenters. The van der Waals surface area contributed by atoms with Crippen LogP contribution in [-0.2, 0) is 26.0 Å². The molecule has 0 saturated heterocycles. The quantitative estimate of drug-likeness (QED) is 0.329. The van der Waals surface area contributed by atoms with Gasteiger partial charge in [0.25, 0.3) is 0 Å². The number of carboxylic acids is 1. The zero-order chi connectivity index (χ0) is 24.2. The highest BCUT2D eigenvalue weighted by Crippen LogP contribution is 2.25. The van der Waals surface area contributed by atoms with E-state index in [0.717, 1.165) is 57.1 Å². The molecule has 0 aliphatic carbocycles. The number of nitrogens with zero attached hydrogens (tertiary/aromatic N) is 3. The van der Waals surface area contributed by atoms with Crippen LogP contribution in [0, 0.1) is 13.8 Å². The summed E-state index contributed by atoms with van der Waals surface area (Å²) in [5, 5.41) is 9.07. The fraction of sp³-hybridized carbons (Fsp3) is 0.250. The smallest absolute Gasteiger partial charge is 0.335 e. The van der Waals surface area contributed by atoms with E-state index in [1.165, 1.54) is 0 Å². The first kappa shape index (κ1) is 23.2. The van der Waals surface area contributed by atoms with E-state index in [1.54, 1.807) is 24.3 Å². The number of carboxylic acid groups (broad SMARTS) is 1. The lowest BCUT2D eigenvalue weighted by Crippen LogP contribution is -2.07. The van der Waals surface area contributed by atoms with Crippen LogP contribution in [-0.4, -0.2) is 25.6 Å². The van der Waals surface area contributed by atoms with E-state index < -0.39 is 5.97 Å². The van der Waals surface area contributed by atoms with Crippen molar-refractivity contribution in [3.05, 3.63) is 101 Å².